The number of aryl methyl sites for hydroxylation is 2. The van der Waals surface area contributed by atoms with Gasteiger partial charge in [0.2, 0.25) is 0 Å². The van der Waals surface area contributed by atoms with Gasteiger partial charge in [-0.25, -0.2) is 10.4 Å². The van der Waals surface area contributed by atoms with Gasteiger partial charge in [-0.2, -0.15) is 5.10 Å². The maximum atomic E-state index is 12.2. The van der Waals surface area contributed by atoms with Crippen molar-refractivity contribution in [2.45, 2.75) is 27.3 Å². The second kappa shape index (κ2) is 6.08. The molecule has 0 unspecified atom stereocenters. The minimum Gasteiger partial charge on any atom is -0.463 e. The molecule has 6 heteroatoms. The Kier molecular flexibility index (Phi) is 3.97. The van der Waals surface area contributed by atoms with Gasteiger partial charge in [0, 0.05) is 12.1 Å². The summed E-state index contributed by atoms with van der Waals surface area (Å²) in [7, 11) is 0. The summed E-state index contributed by atoms with van der Waals surface area (Å²) in [6, 6.07) is 9.04. The normalized spacial score (nSPS) is 11.9. The van der Waals surface area contributed by atoms with E-state index in [1.165, 1.54) is 0 Å². The van der Waals surface area contributed by atoms with E-state index in [-0.39, 0.29) is 5.91 Å². The summed E-state index contributed by atoms with van der Waals surface area (Å²) < 4.78 is 7.33. The summed E-state index contributed by atoms with van der Waals surface area (Å²) in [5, 5.41) is 4.06. The first kappa shape index (κ1) is 15.0. The van der Waals surface area contributed by atoms with E-state index in [0.29, 0.717) is 17.0 Å². The standard InChI is InChI=1S/C17H18N4O2/c1-4-21-12(3)18-14-10-13(7-8-15(14)21)17(22)20-19-11(2)16-6-5-9-23-16/h5-10H,4H2,1-3H3,(H,20,22). The number of fused-ring (bicyclic) bond motifs is 1. The van der Waals surface area contributed by atoms with E-state index in [1.807, 2.05) is 13.0 Å². The topological polar surface area (TPSA) is 72.4 Å². The molecule has 1 N–H and O–H groups in total. The van der Waals surface area contributed by atoms with E-state index in [9.17, 15) is 4.79 Å². The van der Waals surface area contributed by atoms with E-state index in [2.05, 4.69) is 27.0 Å². The highest BCUT2D eigenvalue weighted by atomic mass is 16.3. The number of amides is 1. The van der Waals surface area contributed by atoms with Gasteiger partial charge in [-0.3, -0.25) is 4.79 Å². The van der Waals surface area contributed by atoms with Crippen LogP contribution in [0.1, 0.15) is 35.8 Å². The van der Waals surface area contributed by atoms with E-state index < -0.39 is 0 Å². The van der Waals surface area contributed by atoms with Crippen molar-refractivity contribution in [3.63, 3.8) is 0 Å². The van der Waals surface area contributed by atoms with Crippen LogP contribution in [0.15, 0.2) is 46.1 Å². The zero-order valence-corrected chi connectivity index (χ0v) is 13.3. The molecule has 0 saturated heterocycles. The van der Waals surface area contributed by atoms with Crippen molar-refractivity contribution in [3.8, 4) is 0 Å². The molecule has 1 amide bonds. The Morgan fingerprint density at radius 3 is 2.91 bits per heavy atom. The lowest BCUT2D eigenvalue weighted by Gasteiger charge is -2.03. The molecule has 0 saturated carbocycles. The van der Waals surface area contributed by atoms with Gasteiger partial charge in [0.15, 0.2) is 0 Å². The molecule has 0 aliphatic carbocycles. The van der Waals surface area contributed by atoms with Crippen molar-refractivity contribution in [3.05, 3.63) is 53.7 Å². The summed E-state index contributed by atoms with van der Waals surface area (Å²) in [6.45, 7) is 6.65. The van der Waals surface area contributed by atoms with Crippen LogP contribution in [0.4, 0.5) is 0 Å². The molecule has 0 spiro atoms. The van der Waals surface area contributed by atoms with E-state index >= 15 is 0 Å². The van der Waals surface area contributed by atoms with Crippen molar-refractivity contribution >= 4 is 22.7 Å². The molecule has 6 nitrogen and oxygen atoms in total. The van der Waals surface area contributed by atoms with Crippen LogP contribution in [-0.2, 0) is 6.54 Å². The Labute approximate surface area is 133 Å². The van der Waals surface area contributed by atoms with Gasteiger partial charge < -0.3 is 8.98 Å². The molecule has 3 rings (SSSR count). The molecule has 23 heavy (non-hydrogen) atoms. The molecule has 0 aliphatic rings. The summed E-state index contributed by atoms with van der Waals surface area (Å²) in [4.78, 5) is 16.7. The number of furan rings is 1. The summed E-state index contributed by atoms with van der Waals surface area (Å²) in [5.41, 5.74) is 5.50. The number of rotatable bonds is 4. The van der Waals surface area contributed by atoms with Gasteiger partial charge in [0.05, 0.1) is 17.3 Å². The van der Waals surface area contributed by atoms with E-state index in [0.717, 1.165) is 23.4 Å². The third-order valence-electron chi connectivity index (χ3n) is 3.72. The van der Waals surface area contributed by atoms with Crippen molar-refractivity contribution in [1.29, 1.82) is 0 Å². The quantitative estimate of drug-likeness (QED) is 0.594. The smallest absolute Gasteiger partial charge is 0.271 e. The van der Waals surface area contributed by atoms with Gasteiger partial charge in [0.1, 0.15) is 17.3 Å². The monoisotopic (exact) mass is 310 g/mol. The van der Waals surface area contributed by atoms with Gasteiger partial charge in [-0.05, 0) is 51.1 Å². The summed E-state index contributed by atoms with van der Waals surface area (Å²) in [6.07, 6.45) is 1.57. The minimum atomic E-state index is -0.276. The largest absolute Gasteiger partial charge is 0.463 e. The number of imidazole rings is 1. The predicted molar refractivity (Wildman–Crippen MR) is 88.5 cm³/mol. The molecular formula is C17H18N4O2. The molecule has 118 valence electrons. The van der Waals surface area contributed by atoms with Crippen LogP contribution in [0.2, 0.25) is 0 Å². The second-order valence-corrected chi connectivity index (χ2v) is 5.22. The highest BCUT2D eigenvalue weighted by Crippen LogP contribution is 2.17. The van der Waals surface area contributed by atoms with Crippen LogP contribution >= 0.6 is 0 Å². The van der Waals surface area contributed by atoms with Crippen LogP contribution in [-0.4, -0.2) is 21.2 Å². The van der Waals surface area contributed by atoms with Crippen LogP contribution in [0.25, 0.3) is 11.0 Å². The fourth-order valence-corrected chi connectivity index (χ4v) is 2.53. The maximum Gasteiger partial charge on any atom is 0.271 e. The third-order valence-corrected chi connectivity index (χ3v) is 3.72. The number of carbonyl (C=O) groups excluding carboxylic acids is 1. The molecular weight excluding hydrogens is 292 g/mol. The van der Waals surface area contributed by atoms with Crippen molar-refractivity contribution in [2.75, 3.05) is 0 Å². The Balaban J connectivity index is 1.82. The average Bonchev–Trinajstić information content (AvgIpc) is 3.18. The number of benzene rings is 1. The molecule has 0 fully saturated rings. The lowest BCUT2D eigenvalue weighted by Crippen LogP contribution is -2.19. The summed E-state index contributed by atoms with van der Waals surface area (Å²) in [5.74, 6) is 1.28. The first-order chi connectivity index (χ1) is 11.1. The second-order valence-electron chi connectivity index (χ2n) is 5.22. The Morgan fingerprint density at radius 2 is 2.22 bits per heavy atom. The maximum absolute atomic E-state index is 12.2. The number of nitrogens with zero attached hydrogens (tertiary/aromatic N) is 3. The Bertz CT molecular complexity index is 876. The number of hydrazone groups is 1. The third kappa shape index (κ3) is 2.88. The van der Waals surface area contributed by atoms with Gasteiger partial charge in [-0.1, -0.05) is 0 Å². The summed E-state index contributed by atoms with van der Waals surface area (Å²) >= 11 is 0. The number of aromatic nitrogens is 2. The first-order valence-electron chi connectivity index (χ1n) is 7.45. The molecule has 0 aliphatic heterocycles. The molecule has 2 aromatic heterocycles. The first-order valence-corrected chi connectivity index (χ1v) is 7.45. The lowest BCUT2D eigenvalue weighted by molar-refractivity contribution is 0.0955. The van der Waals surface area contributed by atoms with Gasteiger partial charge in [0.25, 0.3) is 5.91 Å². The fraction of sp³-hybridized carbons (Fsp3) is 0.235. The van der Waals surface area contributed by atoms with Gasteiger partial charge >= 0.3 is 0 Å². The highest BCUT2D eigenvalue weighted by molar-refractivity contribution is 6.00. The fourth-order valence-electron chi connectivity index (χ4n) is 2.53. The number of hydrogen-bond donors (Lipinski definition) is 1. The molecule has 0 bridgehead atoms. The van der Waals surface area contributed by atoms with Crippen molar-refractivity contribution in [1.82, 2.24) is 15.0 Å². The Hall–Kier alpha value is -2.89. The van der Waals surface area contributed by atoms with Crippen molar-refractivity contribution in [2.24, 2.45) is 5.10 Å². The van der Waals surface area contributed by atoms with Crippen LogP contribution in [0, 0.1) is 6.92 Å². The van der Waals surface area contributed by atoms with E-state index in [1.54, 1.807) is 37.5 Å². The number of hydrogen-bond acceptors (Lipinski definition) is 4. The van der Waals surface area contributed by atoms with Crippen LogP contribution in [0.5, 0.6) is 0 Å². The van der Waals surface area contributed by atoms with E-state index in [4.69, 9.17) is 4.42 Å². The SMILES string of the molecule is CCn1c(C)nc2cc(C(=O)NN=C(C)c3ccco3)ccc21. The molecule has 3 aromatic rings. The highest BCUT2D eigenvalue weighted by Gasteiger charge is 2.11. The predicted octanol–water partition coefficient (Wildman–Crippen LogP) is 3.11. The van der Waals surface area contributed by atoms with Gasteiger partial charge in [-0.15, -0.1) is 0 Å². The minimum absolute atomic E-state index is 0.276. The molecule has 0 atom stereocenters. The molecule has 0 radical (unpaired) electrons. The zero-order valence-electron chi connectivity index (χ0n) is 13.3. The van der Waals surface area contributed by atoms with Crippen LogP contribution in [0.3, 0.4) is 0 Å². The molecule has 2 heterocycles. The number of nitrogens with one attached hydrogen (secondary N) is 1. The molecule has 1 aromatic carbocycles. The average molecular weight is 310 g/mol. The lowest BCUT2D eigenvalue weighted by atomic mass is 10.2. The number of carbonyl (C=O) groups is 1. The van der Waals surface area contributed by atoms with Crippen molar-refractivity contribution < 1.29 is 9.21 Å². The Morgan fingerprint density at radius 1 is 1.39 bits per heavy atom. The van der Waals surface area contributed by atoms with Crippen LogP contribution < -0.4 is 5.43 Å². The zero-order chi connectivity index (χ0) is 16.4.